The molecule has 1 aromatic heterocycles. The second-order valence-electron chi connectivity index (χ2n) is 3.46. The van der Waals surface area contributed by atoms with Crippen LogP contribution >= 0.6 is 11.3 Å². The van der Waals surface area contributed by atoms with Gasteiger partial charge in [-0.3, -0.25) is 0 Å². The van der Waals surface area contributed by atoms with Crippen LogP contribution in [0.2, 0.25) is 0 Å². The smallest absolute Gasteiger partial charge is 0.346 e. The maximum atomic E-state index is 12.0. The molecule has 7 heteroatoms. The molecule has 0 saturated carbocycles. The Kier molecular flexibility index (Phi) is 4.07. The Bertz CT molecular complexity index is 545. The van der Waals surface area contributed by atoms with Crippen LogP contribution in [0.1, 0.15) is 15.2 Å². The van der Waals surface area contributed by atoms with E-state index in [1.165, 1.54) is 19.2 Å². The molecule has 1 heterocycles. The van der Waals surface area contributed by atoms with Crippen LogP contribution < -0.4 is 0 Å². The molecule has 0 aliphatic rings. The molecular weight excluding hydrogens is 262 g/mol. The van der Waals surface area contributed by atoms with E-state index in [-0.39, 0.29) is 15.6 Å². The molecule has 0 aliphatic carbocycles. The molecule has 0 atom stereocenters. The fourth-order valence-electron chi connectivity index (χ4n) is 1.23. The van der Waals surface area contributed by atoms with Gasteiger partial charge in [0, 0.05) is 13.6 Å². The first kappa shape index (κ1) is 13.9. The molecular formula is C10H13NO4S2. The number of rotatable bonds is 5. The summed E-state index contributed by atoms with van der Waals surface area (Å²) in [5.74, 6) is -1.11. The van der Waals surface area contributed by atoms with Crippen LogP contribution in [-0.4, -0.2) is 37.4 Å². The predicted octanol–water partition coefficient (Wildman–Crippen LogP) is 1.56. The number of hydrogen-bond acceptors (Lipinski definition) is 4. The maximum Gasteiger partial charge on any atom is 0.346 e. The number of carbonyl (C=O) groups is 1. The minimum atomic E-state index is -3.62. The quantitative estimate of drug-likeness (QED) is 0.828. The summed E-state index contributed by atoms with van der Waals surface area (Å²) in [6, 6.07) is 1.38. The maximum absolute atomic E-state index is 12.0. The lowest BCUT2D eigenvalue weighted by Crippen LogP contribution is -2.26. The Hall–Kier alpha value is -1.18. The first-order valence-corrected chi connectivity index (χ1v) is 6.97. The van der Waals surface area contributed by atoms with Gasteiger partial charge in [-0.05, 0) is 18.6 Å². The third-order valence-electron chi connectivity index (χ3n) is 2.14. The molecule has 94 valence electrons. The zero-order valence-electron chi connectivity index (χ0n) is 9.50. The summed E-state index contributed by atoms with van der Waals surface area (Å²) in [7, 11) is -2.20. The fraction of sp³-hybridized carbons (Fsp3) is 0.300. The van der Waals surface area contributed by atoms with Gasteiger partial charge in [0.15, 0.2) is 0 Å². The minimum absolute atomic E-state index is 0.0387. The van der Waals surface area contributed by atoms with E-state index in [2.05, 4.69) is 6.58 Å². The van der Waals surface area contributed by atoms with E-state index < -0.39 is 16.0 Å². The summed E-state index contributed by atoms with van der Waals surface area (Å²) in [6.07, 6.45) is 1.47. The van der Waals surface area contributed by atoms with E-state index in [4.69, 9.17) is 5.11 Å². The van der Waals surface area contributed by atoms with E-state index >= 15 is 0 Å². The standard InChI is InChI=1S/C10H13NO4S2/c1-4-5-11(3)17(14,15)8-6-7(2)9(16-8)10(12)13/h4,6H,1,5H2,2-3H3,(H,12,13). The van der Waals surface area contributed by atoms with Crippen LogP contribution in [-0.2, 0) is 10.0 Å². The van der Waals surface area contributed by atoms with Crippen molar-refractivity contribution < 1.29 is 18.3 Å². The lowest BCUT2D eigenvalue weighted by atomic mass is 10.3. The molecule has 0 bridgehead atoms. The predicted molar refractivity (Wildman–Crippen MR) is 66.0 cm³/mol. The minimum Gasteiger partial charge on any atom is -0.477 e. The Morgan fingerprint density at radius 3 is 2.65 bits per heavy atom. The van der Waals surface area contributed by atoms with Crippen LogP contribution in [0.15, 0.2) is 22.9 Å². The number of carboxylic acid groups (broad SMARTS) is 1. The second kappa shape index (κ2) is 4.99. The van der Waals surface area contributed by atoms with Crippen LogP contribution in [0.5, 0.6) is 0 Å². The van der Waals surface area contributed by atoms with Crippen molar-refractivity contribution in [2.24, 2.45) is 0 Å². The van der Waals surface area contributed by atoms with Gasteiger partial charge in [0.2, 0.25) is 0 Å². The van der Waals surface area contributed by atoms with Gasteiger partial charge in [0.25, 0.3) is 10.0 Å². The molecule has 0 unspecified atom stereocenters. The zero-order chi connectivity index (χ0) is 13.2. The summed E-state index contributed by atoms with van der Waals surface area (Å²) in [5, 5.41) is 8.87. The number of nitrogens with zero attached hydrogens (tertiary/aromatic N) is 1. The van der Waals surface area contributed by atoms with E-state index in [1.807, 2.05) is 0 Å². The number of aromatic carboxylic acids is 1. The van der Waals surface area contributed by atoms with Crippen molar-refractivity contribution >= 4 is 27.3 Å². The number of thiophene rings is 1. The van der Waals surface area contributed by atoms with Gasteiger partial charge in [-0.25, -0.2) is 13.2 Å². The lowest BCUT2D eigenvalue weighted by molar-refractivity contribution is 0.0701. The Labute approximate surface area is 104 Å². The van der Waals surface area contributed by atoms with Crippen molar-refractivity contribution in [3.8, 4) is 0 Å². The van der Waals surface area contributed by atoms with Crippen LogP contribution in [0, 0.1) is 6.92 Å². The van der Waals surface area contributed by atoms with Crippen molar-refractivity contribution in [1.29, 1.82) is 0 Å². The first-order valence-electron chi connectivity index (χ1n) is 4.71. The Morgan fingerprint density at radius 2 is 2.24 bits per heavy atom. The highest BCUT2D eigenvalue weighted by Crippen LogP contribution is 2.27. The second-order valence-corrected chi connectivity index (χ2v) is 6.78. The Balaban J connectivity index is 3.21. The van der Waals surface area contributed by atoms with Crippen LogP contribution in [0.3, 0.4) is 0 Å². The highest BCUT2D eigenvalue weighted by molar-refractivity contribution is 7.91. The molecule has 0 fully saturated rings. The summed E-state index contributed by atoms with van der Waals surface area (Å²) < 4.78 is 25.2. The molecule has 5 nitrogen and oxygen atoms in total. The Morgan fingerprint density at radius 1 is 1.65 bits per heavy atom. The number of hydrogen-bond donors (Lipinski definition) is 1. The SMILES string of the molecule is C=CCN(C)S(=O)(=O)c1cc(C)c(C(=O)O)s1. The average Bonchev–Trinajstić information content (AvgIpc) is 2.61. The molecule has 1 rings (SSSR count). The van der Waals surface area contributed by atoms with Gasteiger partial charge < -0.3 is 5.11 Å². The topological polar surface area (TPSA) is 74.7 Å². The van der Waals surface area contributed by atoms with Crippen LogP contribution in [0.25, 0.3) is 0 Å². The number of sulfonamides is 1. The monoisotopic (exact) mass is 275 g/mol. The lowest BCUT2D eigenvalue weighted by Gasteiger charge is -2.12. The summed E-state index contributed by atoms with van der Waals surface area (Å²) in [6.45, 7) is 5.22. The average molecular weight is 275 g/mol. The first-order chi connectivity index (χ1) is 7.80. The summed E-state index contributed by atoms with van der Waals surface area (Å²) in [4.78, 5) is 10.9. The van der Waals surface area contributed by atoms with Crippen molar-refractivity contribution in [2.75, 3.05) is 13.6 Å². The van der Waals surface area contributed by atoms with Gasteiger partial charge >= 0.3 is 5.97 Å². The van der Waals surface area contributed by atoms with Gasteiger partial charge in [0.1, 0.15) is 9.09 Å². The summed E-state index contributed by atoms with van der Waals surface area (Å²) in [5.41, 5.74) is 0.452. The number of aryl methyl sites for hydroxylation is 1. The van der Waals surface area contributed by atoms with E-state index in [9.17, 15) is 13.2 Å². The molecule has 17 heavy (non-hydrogen) atoms. The number of carboxylic acids is 1. The third-order valence-corrected chi connectivity index (χ3v) is 5.64. The van der Waals surface area contributed by atoms with Crippen molar-refractivity contribution in [3.05, 3.63) is 29.2 Å². The number of likely N-dealkylation sites (N-methyl/N-ethyl adjacent to an activating group) is 1. The van der Waals surface area contributed by atoms with Gasteiger partial charge in [0.05, 0.1) is 0 Å². The molecule has 1 N–H and O–H groups in total. The van der Waals surface area contributed by atoms with Gasteiger partial charge in [-0.1, -0.05) is 6.08 Å². The van der Waals surface area contributed by atoms with E-state index in [0.717, 1.165) is 15.6 Å². The van der Waals surface area contributed by atoms with E-state index in [0.29, 0.717) is 5.56 Å². The summed E-state index contributed by atoms with van der Waals surface area (Å²) >= 11 is 0.765. The van der Waals surface area contributed by atoms with Crippen LogP contribution in [0.4, 0.5) is 0 Å². The fourth-order valence-corrected chi connectivity index (χ4v) is 3.96. The van der Waals surface area contributed by atoms with Gasteiger partial charge in [-0.15, -0.1) is 17.9 Å². The molecule has 0 amide bonds. The molecule has 1 aromatic rings. The normalized spacial score (nSPS) is 11.7. The molecule has 0 saturated heterocycles. The largest absolute Gasteiger partial charge is 0.477 e. The molecule has 0 spiro atoms. The van der Waals surface area contributed by atoms with E-state index in [1.54, 1.807) is 6.92 Å². The van der Waals surface area contributed by atoms with Crippen molar-refractivity contribution in [2.45, 2.75) is 11.1 Å². The van der Waals surface area contributed by atoms with Crippen molar-refractivity contribution in [1.82, 2.24) is 4.31 Å². The highest BCUT2D eigenvalue weighted by Gasteiger charge is 2.24. The van der Waals surface area contributed by atoms with Gasteiger partial charge in [-0.2, -0.15) is 4.31 Å². The van der Waals surface area contributed by atoms with Crippen molar-refractivity contribution in [3.63, 3.8) is 0 Å². The molecule has 0 aliphatic heterocycles. The molecule has 0 radical (unpaired) electrons. The third kappa shape index (κ3) is 2.74. The molecule has 0 aromatic carbocycles. The highest BCUT2D eigenvalue weighted by atomic mass is 32.2. The zero-order valence-corrected chi connectivity index (χ0v) is 11.1.